The van der Waals surface area contributed by atoms with E-state index in [0.29, 0.717) is 28.3 Å². The number of hydrogen-bond acceptors (Lipinski definition) is 8. The molecule has 0 saturated heterocycles. The zero-order valence-electron chi connectivity index (χ0n) is 16.5. The van der Waals surface area contributed by atoms with Crippen LogP contribution in [0.1, 0.15) is 17.0 Å². The molecule has 0 bridgehead atoms. The number of nitrogens with zero attached hydrogens (tertiary/aromatic N) is 7. The highest BCUT2D eigenvalue weighted by Gasteiger charge is 2.19. The lowest BCUT2D eigenvalue weighted by molar-refractivity contribution is 0.283. The molecule has 154 valence electrons. The predicted molar refractivity (Wildman–Crippen MR) is 110 cm³/mol. The maximum Gasteiger partial charge on any atom is 0.277 e. The normalized spacial score (nSPS) is 11.3. The number of benzene rings is 1. The molecule has 0 saturated carbocycles. The molecular formula is C21H17N7O3. The minimum absolute atomic E-state index is 0.0680. The molecule has 0 aliphatic rings. The van der Waals surface area contributed by atoms with Crippen LogP contribution in [0.5, 0.6) is 0 Å². The van der Waals surface area contributed by atoms with Crippen LogP contribution in [0.15, 0.2) is 64.6 Å². The van der Waals surface area contributed by atoms with E-state index in [1.165, 1.54) is 21.5 Å². The number of aromatic nitrogens is 7. The summed E-state index contributed by atoms with van der Waals surface area (Å²) in [6, 6.07) is 7.76. The van der Waals surface area contributed by atoms with E-state index in [9.17, 15) is 9.90 Å². The number of aliphatic hydroxyl groups is 1. The van der Waals surface area contributed by atoms with Crippen LogP contribution in [0.2, 0.25) is 0 Å². The van der Waals surface area contributed by atoms with Crippen molar-refractivity contribution >= 4 is 5.52 Å². The highest BCUT2D eigenvalue weighted by Crippen LogP contribution is 2.25. The Labute approximate surface area is 175 Å². The van der Waals surface area contributed by atoms with Gasteiger partial charge in [-0.05, 0) is 6.92 Å². The molecule has 0 unspecified atom stereocenters. The SMILES string of the molecule is Cc1ccc(-c2nn3ccn(Cc4nc(-c5cnccn5)no4)c(=O)c3c2CO)cc1. The second kappa shape index (κ2) is 7.58. The number of aliphatic hydroxyl groups excluding tert-OH is 1. The molecule has 1 aromatic carbocycles. The molecule has 1 N–H and O–H groups in total. The van der Waals surface area contributed by atoms with Crippen LogP contribution in [0, 0.1) is 6.92 Å². The van der Waals surface area contributed by atoms with E-state index in [1.54, 1.807) is 18.6 Å². The van der Waals surface area contributed by atoms with E-state index in [1.807, 2.05) is 31.2 Å². The Kier molecular flexibility index (Phi) is 4.60. The van der Waals surface area contributed by atoms with Crippen molar-refractivity contribution in [1.82, 2.24) is 34.3 Å². The van der Waals surface area contributed by atoms with Gasteiger partial charge in [-0.15, -0.1) is 0 Å². The van der Waals surface area contributed by atoms with Crippen molar-refractivity contribution in [1.29, 1.82) is 0 Å². The molecule has 4 heterocycles. The monoisotopic (exact) mass is 415 g/mol. The molecule has 0 aliphatic carbocycles. The van der Waals surface area contributed by atoms with Gasteiger partial charge in [0.15, 0.2) is 0 Å². The summed E-state index contributed by atoms with van der Waals surface area (Å²) in [4.78, 5) is 25.6. The maximum atomic E-state index is 13.2. The van der Waals surface area contributed by atoms with Gasteiger partial charge in [-0.3, -0.25) is 9.78 Å². The largest absolute Gasteiger partial charge is 0.392 e. The predicted octanol–water partition coefficient (Wildman–Crippen LogP) is 1.85. The summed E-state index contributed by atoms with van der Waals surface area (Å²) in [6.07, 6.45) is 7.86. The van der Waals surface area contributed by atoms with Gasteiger partial charge in [-0.1, -0.05) is 35.0 Å². The molecule has 0 radical (unpaired) electrons. The standard InChI is InChI=1S/C21H17N7O3/c1-13-2-4-14(5-3-13)18-15(12-29)19-21(30)27(8-9-28(19)25-18)11-17-24-20(26-31-17)16-10-22-6-7-23-16/h2-10,29H,11-12H2,1H3. The van der Waals surface area contributed by atoms with Crippen LogP contribution in [0.4, 0.5) is 0 Å². The van der Waals surface area contributed by atoms with Crippen LogP contribution >= 0.6 is 0 Å². The van der Waals surface area contributed by atoms with Crippen LogP contribution in [0.3, 0.4) is 0 Å². The quantitative estimate of drug-likeness (QED) is 0.461. The van der Waals surface area contributed by atoms with Gasteiger partial charge in [0.25, 0.3) is 5.56 Å². The zero-order valence-corrected chi connectivity index (χ0v) is 16.5. The van der Waals surface area contributed by atoms with Crippen molar-refractivity contribution in [2.24, 2.45) is 0 Å². The average Bonchev–Trinajstić information content (AvgIpc) is 3.42. The minimum atomic E-state index is -0.323. The van der Waals surface area contributed by atoms with Gasteiger partial charge in [-0.2, -0.15) is 10.1 Å². The highest BCUT2D eigenvalue weighted by molar-refractivity contribution is 5.72. The van der Waals surface area contributed by atoms with Gasteiger partial charge in [0.05, 0.1) is 18.5 Å². The zero-order chi connectivity index (χ0) is 21.4. The number of rotatable bonds is 5. The fourth-order valence-corrected chi connectivity index (χ4v) is 3.35. The third-order valence-electron chi connectivity index (χ3n) is 4.91. The summed E-state index contributed by atoms with van der Waals surface area (Å²) in [5, 5.41) is 18.4. The van der Waals surface area contributed by atoms with E-state index in [-0.39, 0.29) is 24.6 Å². The topological polar surface area (TPSA) is 124 Å². The molecule has 0 fully saturated rings. The van der Waals surface area contributed by atoms with Gasteiger partial charge in [-0.25, -0.2) is 9.50 Å². The van der Waals surface area contributed by atoms with E-state index in [0.717, 1.165) is 11.1 Å². The number of fused-ring (bicyclic) bond motifs is 1. The van der Waals surface area contributed by atoms with Gasteiger partial charge in [0.2, 0.25) is 11.7 Å². The summed E-state index contributed by atoms with van der Waals surface area (Å²) in [6.45, 7) is 1.74. The molecular weight excluding hydrogens is 398 g/mol. The Morgan fingerprint density at radius 2 is 1.97 bits per heavy atom. The van der Waals surface area contributed by atoms with Gasteiger partial charge < -0.3 is 14.2 Å². The maximum absolute atomic E-state index is 13.2. The lowest BCUT2D eigenvalue weighted by Gasteiger charge is -2.03. The summed E-state index contributed by atoms with van der Waals surface area (Å²) in [7, 11) is 0. The molecule has 5 rings (SSSR count). The summed E-state index contributed by atoms with van der Waals surface area (Å²) < 4.78 is 8.19. The number of hydrogen-bond donors (Lipinski definition) is 1. The lowest BCUT2D eigenvalue weighted by atomic mass is 10.1. The van der Waals surface area contributed by atoms with Gasteiger partial charge in [0, 0.05) is 35.9 Å². The van der Waals surface area contributed by atoms with Crippen LogP contribution < -0.4 is 5.56 Å². The molecule has 0 aliphatic heterocycles. The first-order valence-electron chi connectivity index (χ1n) is 9.51. The molecule has 4 aromatic heterocycles. The molecule has 0 atom stereocenters. The van der Waals surface area contributed by atoms with Crippen molar-refractivity contribution in [2.45, 2.75) is 20.1 Å². The molecule has 10 heteroatoms. The van der Waals surface area contributed by atoms with Crippen LogP contribution in [-0.4, -0.2) is 39.4 Å². The molecule has 10 nitrogen and oxygen atoms in total. The fraction of sp³-hybridized carbons (Fsp3) is 0.143. The van der Waals surface area contributed by atoms with Crippen molar-refractivity contribution in [2.75, 3.05) is 0 Å². The van der Waals surface area contributed by atoms with Crippen molar-refractivity contribution in [3.8, 4) is 22.8 Å². The van der Waals surface area contributed by atoms with Crippen molar-refractivity contribution in [3.05, 3.63) is 82.6 Å². The van der Waals surface area contributed by atoms with Gasteiger partial charge >= 0.3 is 0 Å². The fourth-order valence-electron chi connectivity index (χ4n) is 3.35. The van der Waals surface area contributed by atoms with Crippen LogP contribution in [0.25, 0.3) is 28.3 Å². The Bertz CT molecular complexity index is 1420. The average molecular weight is 415 g/mol. The molecule has 5 aromatic rings. The highest BCUT2D eigenvalue weighted by atomic mass is 16.5. The van der Waals surface area contributed by atoms with Crippen LogP contribution in [-0.2, 0) is 13.2 Å². The second-order valence-corrected chi connectivity index (χ2v) is 6.98. The molecule has 31 heavy (non-hydrogen) atoms. The Hall–Kier alpha value is -4.18. The van der Waals surface area contributed by atoms with Crippen molar-refractivity contribution < 1.29 is 9.63 Å². The minimum Gasteiger partial charge on any atom is -0.392 e. The summed E-state index contributed by atoms with van der Waals surface area (Å²) in [5.74, 6) is 0.537. The first kappa shape index (κ1) is 18.8. The van der Waals surface area contributed by atoms with E-state index < -0.39 is 0 Å². The Morgan fingerprint density at radius 3 is 2.71 bits per heavy atom. The van der Waals surface area contributed by atoms with E-state index in [2.05, 4.69) is 25.2 Å². The summed E-state index contributed by atoms with van der Waals surface area (Å²) >= 11 is 0. The van der Waals surface area contributed by atoms with Crippen molar-refractivity contribution in [3.63, 3.8) is 0 Å². The lowest BCUT2D eigenvalue weighted by Crippen LogP contribution is -2.22. The third-order valence-corrected chi connectivity index (χ3v) is 4.91. The smallest absolute Gasteiger partial charge is 0.277 e. The Morgan fingerprint density at radius 1 is 1.13 bits per heavy atom. The molecule has 0 spiro atoms. The molecule has 0 amide bonds. The number of aryl methyl sites for hydroxylation is 1. The van der Waals surface area contributed by atoms with Gasteiger partial charge in [0.1, 0.15) is 17.8 Å². The second-order valence-electron chi connectivity index (χ2n) is 6.98. The summed E-state index contributed by atoms with van der Waals surface area (Å²) in [5.41, 5.74) is 3.43. The Balaban J connectivity index is 1.54. The first-order chi connectivity index (χ1) is 15.1. The third kappa shape index (κ3) is 3.38. The first-order valence-corrected chi connectivity index (χ1v) is 9.51. The van der Waals surface area contributed by atoms with E-state index >= 15 is 0 Å². The van der Waals surface area contributed by atoms with E-state index in [4.69, 9.17) is 4.52 Å².